The van der Waals surface area contributed by atoms with Crippen molar-refractivity contribution >= 4 is 17.4 Å². The molecule has 0 radical (unpaired) electrons. The van der Waals surface area contributed by atoms with E-state index < -0.39 is 11.7 Å². The third kappa shape index (κ3) is 5.16. The van der Waals surface area contributed by atoms with E-state index in [0.29, 0.717) is 26.2 Å². The fourth-order valence-electron chi connectivity index (χ4n) is 3.19. The number of pyridine rings is 1. The molecule has 1 amide bonds. The smallest absolute Gasteiger partial charge is 0.384 e. The highest BCUT2D eigenvalue weighted by Gasteiger charge is 2.34. The summed E-state index contributed by atoms with van der Waals surface area (Å²) in [5.74, 6) is 0.752. The number of nitrogens with one attached hydrogen (secondary N) is 1. The molecule has 2 heterocycles. The minimum Gasteiger partial charge on any atom is -0.384 e. The molecule has 152 valence electrons. The van der Waals surface area contributed by atoms with E-state index in [-0.39, 0.29) is 30.1 Å². The van der Waals surface area contributed by atoms with Crippen LogP contribution in [0.2, 0.25) is 0 Å². The Bertz CT molecular complexity index is 887. The highest BCUT2D eigenvalue weighted by atomic mass is 19.4. The molecule has 1 fully saturated rings. The number of amides is 1. The zero-order valence-electron chi connectivity index (χ0n) is 15.6. The lowest BCUT2D eigenvalue weighted by molar-refractivity contribution is -0.137. The van der Waals surface area contributed by atoms with Crippen LogP contribution in [0.4, 0.5) is 24.7 Å². The van der Waals surface area contributed by atoms with Gasteiger partial charge in [-0.25, -0.2) is 4.98 Å². The van der Waals surface area contributed by atoms with E-state index in [0.717, 1.165) is 11.9 Å². The number of carbonyl (C=O) groups excluding carboxylic acids is 1. The van der Waals surface area contributed by atoms with Gasteiger partial charge in [-0.05, 0) is 30.3 Å². The van der Waals surface area contributed by atoms with Crippen LogP contribution in [0, 0.1) is 11.3 Å². The van der Waals surface area contributed by atoms with Gasteiger partial charge in [0.2, 0.25) is 5.91 Å². The van der Waals surface area contributed by atoms with Gasteiger partial charge in [-0.2, -0.15) is 18.4 Å². The first-order chi connectivity index (χ1) is 13.9. The van der Waals surface area contributed by atoms with Crippen molar-refractivity contribution in [3.8, 4) is 6.07 Å². The largest absolute Gasteiger partial charge is 0.418 e. The summed E-state index contributed by atoms with van der Waals surface area (Å²) in [5, 5.41) is 11.5. The fourth-order valence-corrected chi connectivity index (χ4v) is 3.19. The summed E-state index contributed by atoms with van der Waals surface area (Å²) in [5.41, 5.74) is -1.11. The van der Waals surface area contributed by atoms with Crippen molar-refractivity contribution in [3.05, 3.63) is 53.7 Å². The van der Waals surface area contributed by atoms with E-state index in [1.54, 1.807) is 17.2 Å². The highest BCUT2D eigenvalue weighted by molar-refractivity contribution is 5.77. The predicted molar refractivity (Wildman–Crippen MR) is 102 cm³/mol. The molecular formula is C20H20F3N5O. The van der Waals surface area contributed by atoms with E-state index in [1.807, 2.05) is 18.2 Å². The Morgan fingerprint density at radius 3 is 2.55 bits per heavy atom. The fraction of sp³-hybridized carbons (Fsp3) is 0.350. The molecule has 9 heteroatoms. The summed E-state index contributed by atoms with van der Waals surface area (Å²) in [7, 11) is 0. The Balaban J connectivity index is 1.52. The second-order valence-electron chi connectivity index (χ2n) is 6.60. The van der Waals surface area contributed by atoms with Crippen LogP contribution in [0.25, 0.3) is 0 Å². The van der Waals surface area contributed by atoms with Crippen LogP contribution in [0.3, 0.4) is 0 Å². The number of nitrogens with zero attached hydrogens (tertiary/aromatic N) is 4. The highest BCUT2D eigenvalue weighted by Crippen LogP contribution is 2.35. The van der Waals surface area contributed by atoms with Gasteiger partial charge < -0.3 is 15.1 Å². The molecule has 1 saturated heterocycles. The lowest BCUT2D eigenvalue weighted by atomic mass is 10.1. The standard InChI is InChI=1S/C20H20F3N5O/c21-20(22,23)16-13-15(14-24)4-5-17(16)25-8-6-19(29)28-11-9-27(10-12-28)18-3-1-2-7-26-18/h1-5,7,13,25H,6,8-12H2. The van der Waals surface area contributed by atoms with Crippen LogP contribution in [0.1, 0.15) is 17.5 Å². The quantitative estimate of drug-likeness (QED) is 0.831. The first kappa shape index (κ1) is 20.5. The minimum absolute atomic E-state index is 0.0651. The normalized spacial score (nSPS) is 14.4. The van der Waals surface area contributed by atoms with E-state index in [4.69, 9.17) is 5.26 Å². The molecule has 6 nitrogen and oxygen atoms in total. The van der Waals surface area contributed by atoms with Crippen molar-refractivity contribution in [1.29, 1.82) is 5.26 Å². The van der Waals surface area contributed by atoms with Gasteiger partial charge in [0.25, 0.3) is 0 Å². The Kier molecular flexibility index (Phi) is 6.22. The van der Waals surface area contributed by atoms with Gasteiger partial charge in [-0.3, -0.25) is 4.79 Å². The molecule has 1 aromatic heterocycles. The van der Waals surface area contributed by atoms with Gasteiger partial charge in [0.05, 0.1) is 17.2 Å². The van der Waals surface area contributed by atoms with Crippen molar-refractivity contribution in [1.82, 2.24) is 9.88 Å². The molecule has 29 heavy (non-hydrogen) atoms. The zero-order valence-corrected chi connectivity index (χ0v) is 15.6. The molecule has 1 N–H and O–H groups in total. The molecule has 1 aromatic carbocycles. The van der Waals surface area contributed by atoms with Crippen LogP contribution in [0.15, 0.2) is 42.6 Å². The summed E-state index contributed by atoms with van der Waals surface area (Å²) >= 11 is 0. The van der Waals surface area contributed by atoms with Crippen LogP contribution in [-0.2, 0) is 11.0 Å². The summed E-state index contributed by atoms with van der Waals surface area (Å²) in [6, 6.07) is 10.7. The van der Waals surface area contributed by atoms with Gasteiger partial charge in [0.15, 0.2) is 0 Å². The maximum Gasteiger partial charge on any atom is 0.418 e. The molecule has 0 bridgehead atoms. The Morgan fingerprint density at radius 1 is 1.17 bits per heavy atom. The molecule has 3 rings (SSSR count). The van der Waals surface area contributed by atoms with E-state index in [2.05, 4.69) is 15.2 Å². The van der Waals surface area contributed by atoms with Gasteiger partial charge >= 0.3 is 6.18 Å². The van der Waals surface area contributed by atoms with Gasteiger partial charge in [-0.15, -0.1) is 0 Å². The average molecular weight is 403 g/mol. The SMILES string of the molecule is N#Cc1ccc(NCCC(=O)N2CCN(c3ccccn3)CC2)c(C(F)(F)F)c1. The van der Waals surface area contributed by atoms with Crippen molar-refractivity contribution in [2.24, 2.45) is 0 Å². The third-order valence-corrected chi connectivity index (χ3v) is 4.71. The number of rotatable bonds is 5. The lowest BCUT2D eigenvalue weighted by Gasteiger charge is -2.35. The first-order valence-corrected chi connectivity index (χ1v) is 9.17. The van der Waals surface area contributed by atoms with Gasteiger partial charge in [-0.1, -0.05) is 6.07 Å². The molecule has 1 aliphatic heterocycles. The van der Waals surface area contributed by atoms with Crippen molar-refractivity contribution in [2.45, 2.75) is 12.6 Å². The molecule has 0 atom stereocenters. The topological polar surface area (TPSA) is 72.3 Å². The van der Waals surface area contributed by atoms with Crippen LogP contribution < -0.4 is 10.2 Å². The lowest BCUT2D eigenvalue weighted by Crippen LogP contribution is -2.49. The monoisotopic (exact) mass is 403 g/mol. The number of anilines is 2. The van der Waals surface area contributed by atoms with E-state index in [9.17, 15) is 18.0 Å². The number of alkyl halides is 3. The first-order valence-electron chi connectivity index (χ1n) is 9.17. The number of carbonyl (C=O) groups is 1. The number of benzene rings is 1. The van der Waals surface area contributed by atoms with Gasteiger partial charge in [0, 0.05) is 51.0 Å². The van der Waals surface area contributed by atoms with Gasteiger partial charge in [0.1, 0.15) is 5.82 Å². The van der Waals surface area contributed by atoms with Crippen LogP contribution >= 0.6 is 0 Å². The summed E-state index contributed by atoms with van der Waals surface area (Å²) in [6.07, 6.45) is -2.78. The van der Waals surface area contributed by atoms with E-state index >= 15 is 0 Å². The minimum atomic E-state index is -4.58. The summed E-state index contributed by atoms with van der Waals surface area (Å²) in [6.45, 7) is 2.47. The maximum atomic E-state index is 13.2. The van der Waals surface area contributed by atoms with Crippen molar-refractivity contribution < 1.29 is 18.0 Å². The molecule has 0 saturated carbocycles. The number of hydrogen-bond acceptors (Lipinski definition) is 5. The molecule has 2 aromatic rings. The number of hydrogen-bond donors (Lipinski definition) is 1. The second-order valence-corrected chi connectivity index (χ2v) is 6.60. The number of halogens is 3. The zero-order chi connectivity index (χ0) is 20.9. The molecular weight excluding hydrogens is 383 g/mol. The number of piperazine rings is 1. The van der Waals surface area contributed by atoms with E-state index in [1.165, 1.54) is 12.1 Å². The predicted octanol–water partition coefficient (Wildman–Crippen LogP) is 3.12. The number of nitriles is 1. The third-order valence-electron chi connectivity index (χ3n) is 4.71. The Labute approximate surface area is 166 Å². The Morgan fingerprint density at radius 2 is 1.93 bits per heavy atom. The second kappa shape index (κ2) is 8.82. The number of aromatic nitrogens is 1. The van der Waals surface area contributed by atoms with Crippen molar-refractivity contribution in [2.75, 3.05) is 42.9 Å². The molecule has 0 spiro atoms. The summed E-state index contributed by atoms with van der Waals surface area (Å²) in [4.78, 5) is 20.5. The maximum absolute atomic E-state index is 13.2. The van der Waals surface area contributed by atoms with Crippen LogP contribution in [0.5, 0.6) is 0 Å². The average Bonchev–Trinajstić information content (AvgIpc) is 2.74. The van der Waals surface area contributed by atoms with Crippen molar-refractivity contribution in [3.63, 3.8) is 0 Å². The Hall–Kier alpha value is -3.28. The molecule has 1 aliphatic rings. The van der Waals surface area contributed by atoms with Crippen LogP contribution in [-0.4, -0.2) is 48.5 Å². The summed E-state index contributed by atoms with van der Waals surface area (Å²) < 4.78 is 39.6. The molecule has 0 unspecified atom stereocenters. The molecule has 0 aliphatic carbocycles.